The Hall–Kier alpha value is -3.64. The minimum Gasteiger partial charge on any atom is -0.487 e. The van der Waals surface area contributed by atoms with Crippen molar-refractivity contribution < 1.29 is 13.9 Å². The number of fused-ring (bicyclic) bond motifs is 1. The van der Waals surface area contributed by atoms with E-state index in [1.807, 2.05) is 65.6 Å². The topological polar surface area (TPSA) is 64.8 Å². The molecular weight excluding hydrogens is 392 g/mol. The molecule has 1 aliphatic rings. The molecule has 0 spiro atoms. The molecule has 31 heavy (non-hydrogen) atoms. The summed E-state index contributed by atoms with van der Waals surface area (Å²) < 4.78 is 17.3. The first kappa shape index (κ1) is 19.3. The lowest BCUT2D eigenvalue weighted by Crippen LogP contribution is -2.36. The second-order valence-corrected chi connectivity index (χ2v) is 7.40. The highest BCUT2D eigenvalue weighted by molar-refractivity contribution is 5.78. The molecule has 1 aliphatic heterocycles. The van der Waals surface area contributed by atoms with Gasteiger partial charge < -0.3 is 18.8 Å². The molecule has 1 saturated heterocycles. The highest BCUT2D eigenvalue weighted by Gasteiger charge is 2.15. The molecule has 0 unspecified atom stereocenters. The molecule has 6 heteroatoms. The van der Waals surface area contributed by atoms with Crippen molar-refractivity contribution in [3.63, 3.8) is 0 Å². The first-order valence-electron chi connectivity index (χ1n) is 10.3. The number of hydrogen-bond acceptors (Lipinski definition) is 6. The maximum atomic E-state index is 12.2. The lowest BCUT2D eigenvalue weighted by molar-refractivity contribution is 0.120. The zero-order valence-electron chi connectivity index (χ0n) is 17.0. The summed E-state index contributed by atoms with van der Waals surface area (Å²) in [7, 11) is 0. The van der Waals surface area contributed by atoms with Crippen molar-refractivity contribution in [2.45, 2.75) is 6.61 Å². The van der Waals surface area contributed by atoms with Crippen LogP contribution in [0.1, 0.15) is 5.69 Å². The Balaban J connectivity index is 1.30. The summed E-state index contributed by atoms with van der Waals surface area (Å²) in [6, 6.07) is 22.6. The second-order valence-electron chi connectivity index (χ2n) is 7.40. The molecule has 5 rings (SSSR count). The number of pyridine rings is 1. The molecule has 0 amide bonds. The van der Waals surface area contributed by atoms with Gasteiger partial charge in [0.1, 0.15) is 18.1 Å². The Bertz CT molecular complexity index is 1240. The van der Waals surface area contributed by atoms with E-state index in [9.17, 15) is 4.79 Å². The predicted molar refractivity (Wildman–Crippen MR) is 120 cm³/mol. The van der Waals surface area contributed by atoms with Crippen LogP contribution < -0.4 is 15.1 Å². The van der Waals surface area contributed by atoms with Crippen LogP contribution in [-0.4, -0.2) is 31.3 Å². The minimum absolute atomic E-state index is 0.0783. The largest absolute Gasteiger partial charge is 0.487 e. The van der Waals surface area contributed by atoms with Gasteiger partial charge in [0.15, 0.2) is 11.3 Å². The molecular formula is C25H22N2O4. The fraction of sp³-hybridized carbons (Fsp3) is 0.200. The molecule has 4 aromatic rings. The van der Waals surface area contributed by atoms with E-state index in [1.54, 1.807) is 0 Å². The van der Waals surface area contributed by atoms with Gasteiger partial charge in [-0.2, -0.15) is 0 Å². The van der Waals surface area contributed by atoms with Crippen molar-refractivity contribution in [3.8, 4) is 17.1 Å². The van der Waals surface area contributed by atoms with Crippen LogP contribution in [0.3, 0.4) is 0 Å². The number of anilines is 1. The normalized spacial score (nSPS) is 14.0. The van der Waals surface area contributed by atoms with Crippen molar-refractivity contribution in [1.82, 2.24) is 4.98 Å². The maximum Gasteiger partial charge on any atom is 0.200 e. The molecule has 0 N–H and O–H groups in total. The van der Waals surface area contributed by atoms with Gasteiger partial charge in [0.2, 0.25) is 0 Å². The van der Waals surface area contributed by atoms with Gasteiger partial charge >= 0.3 is 0 Å². The van der Waals surface area contributed by atoms with Crippen molar-refractivity contribution >= 4 is 16.8 Å². The third kappa shape index (κ3) is 4.44. The van der Waals surface area contributed by atoms with E-state index in [2.05, 4.69) is 4.98 Å². The molecule has 0 atom stereocenters. The van der Waals surface area contributed by atoms with Crippen LogP contribution in [0, 0.1) is 0 Å². The van der Waals surface area contributed by atoms with Crippen molar-refractivity contribution in [2.24, 2.45) is 0 Å². The van der Waals surface area contributed by atoms with Crippen LogP contribution in [0.15, 0.2) is 82.0 Å². The summed E-state index contributed by atoms with van der Waals surface area (Å²) in [5.74, 6) is 1.84. The molecule has 0 aliphatic carbocycles. The van der Waals surface area contributed by atoms with Crippen molar-refractivity contribution in [1.29, 1.82) is 0 Å². The molecule has 2 aromatic heterocycles. The molecule has 2 aromatic carbocycles. The summed E-state index contributed by atoms with van der Waals surface area (Å²) in [5.41, 5.74) is 2.56. The Morgan fingerprint density at radius 3 is 2.58 bits per heavy atom. The molecule has 1 fully saturated rings. The Morgan fingerprint density at radius 1 is 0.935 bits per heavy atom. The lowest BCUT2D eigenvalue weighted by atomic mass is 10.1. The summed E-state index contributed by atoms with van der Waals surface area (Å²) in [4.78, 5) is 18.9. The summed E-state index contributed by atoms with van der Waals surface area (Å²) in [5, 5.41) is 1.11. The minimum atomic E-state index is -0.0783. The van der Waals surface area contributed by atoms with Gasteiger partial charge in [0.25, 0.3) is 0 Å². The number of hydrogen-bond donors (Lipinski definition) is 0. The standard InChI is InChI=1S/C25H22N2O4/c28-21-15-24(31-25(16-21)27-11-13-29-14-12-27)19-6-9-22(10-7-19)30-17-20-8-5-18-3-1-2-4-23(18)26-20/h1-10,15-16H,11-14,17H2. The number of para-hydroxylation sites is 1. The summed E-state index contributed by atoms with van der Waals surface area (Å²) >= 11 is 0. The maximum absolute atomic E-state index is 12.2. The Labute approximate surface area is 179 Å². The summed E-state index contributed by atoms with van der Waals surface area (Å²) in [6.45, 7) is 3.06. The number of nitrogens with zero attached hydrogens (tertiary/aromatic N) is 2. The average molecular weight is 414 g/mol. The van der Waals surface area contributed by atoms with Crippen LogP contribution in [0.25, 0.3) is 22.2 Å². The van der Waals surface area contributed by atoms with E-state index in [4.69, 9.17) is 13.9 Å². The van der Waals surface area contributed by atoms with Crippen LogP contribution in [0.4, 0.5) is 5.88 Å². The first-order valence-corrected chi connectivity index (χ1v) is 10.3. The molecule has 3 heterocycles. The van der Waals surface area contributed by atoms with Crippen molar-refractivity contribution in [2.75, 3.05) is 31.2 Å². The summed E-state index contributed by atoms with van der Waals surface area (Å²) in [6.07, 6.45) is 0. The van der Waals surface area contributed by atoms with Gasteiger partial charge in [-0.15, -0.1) is 0 Å². The fourth-order valence-corrected chi connectivity index (χ4v) is 3.61. The van der Waals surface area contributed by atoms with E-state index in [-0.39, 0.29) is 5.43 Å². The predicted octanol–water partition coefficient (Wildman–Crippen LogP) is 4.27. The van der Waals surface area contributed by atoms with E-state index in [0.29, 0.717) is 44.6 Å². The highest BCUT2D eigenvalue weighted by Crippen LogP contribution is 2.26. The SMILES string of the molecule is O=c1cc(-c2ccc(OCc3ccc4ccccc4n3)cc2)oc(N2CCOCC2)c1. The number of rotatable bonds is 5. The van der Waals surface area contributed by atoms with Crippen LogP contribution in [0.2, 0.25) is 0 Å². The zero-order valence-corrected chi connectivity index (χ0v) is 17.0. The van der Waals surface area contributed by atoms with E-state index >= 15 is 0 Å². The average Bonchev–Trinajstić information content (AvgIpc) is 2.83. The molecule has 6 nitrogen and oxygen atoms in total. The van der Waals surface area contributed by atoms with Crippen molar-refractivity contribution in [3.05, 3.63) is 88.7 Å². The Morgan fingerprint density at radius 2 is 1.74 bits per heavy atom. The van der Waals surface area contributed by atoms with Gasteiger partial charge in [0.05, 0.1) is 24.4 Å². The van der Waals surface area contributed by atoms with Gasteiger partial charge in [-0.05, 0) is 36.4 Å². The quantitative estimate of drug-likeness (QED) is 0.486. The number of ether oxygens (including phenoxy) is 2. The van der Waals surface area contributed by atoms with Crippen LogP contribution in [-0.2, 0) is 11.3 Å². The van der Waals surface area contributed by atoms with E-state index in [0.717, 1.165) is 27.9 Å². The van der Waals surface area contributed by atoms with Crippen LogP contribution >= 0.6 is 0 Å². The molecule has 0 bridgehead atoms. The first-order chi connectivity index (χ1) is 15.2. The molecule has 0 radical (unpaired) electrons. The fourth-order valence-electron chi connectivity index (χ4n) is 3.61. The number of aromatic nitrogens is 1. The van der Waals surface area contributed by atoms with Gasteiger partial charge in [-0.1, -0.05) is 24.3 Å². The zero-order chi connectivity index (χ0) is 21.0. The van der Waals surface area contributed by atoms with Crippen LogP contribution in [0.5, 0.6) is 5.75 Å². The van der Waals surface area contributed by atoms with Gasteiger partial charge in [0, 0.05) is 36.2 Å². The van der Waals surface area contributed by atoms with E-state index < -0.39 is 0 Å². The molecule has 156 valence electrons. The third-order valence-electron chi connectivity index (χ3n) is 5.26. The third-order valence-corrected chi connectivity index (χ3v) is 5.26. The smallest absolute Gasteiger partial charge is 0.200 e. The number of morpholine rings is 1. The highest BCUT2D eigenvalue weighted by atomic mass is 16.5. The molecule has 0 saturated carbocycles. The lowest BCUT2D eigenvalue weighted by Gasteiger charge is -2.27. The Kier molecular flexibility index (Phi) is 5.37. The van der Waals surface area contributed by atoms with Gasteiger partial charge in [-0.3, -0.25) is 4.79 Å². The van der Waals surface area contributed by atoms with Gasteiger partial charge in [-0.25, -0.2) is 4.98 Å². The van der Waals surface area contributed by atoms with E-state index in [1.165, 1.54) is 12.1 Å². The monoisotopic (exact) mass is 414 g/mol. The second kappa shape index (κ2) is 8.62. The number of benzene rings is 2.